The number of hydrogen-bond acceptors (Lipinski definition) is 4. The van der Waals surface area contributed by atoms with Gasteiger partial charge in [0.15, 0.2) is 0 Å². The van der Waals surface area contributed by atoms with Gasteiger partial charge >= 0.3 is 0 Å². The third-order valence-corrected chi connectivity index (χ3v) is 6.58. The summed E-state index contributed by atoms with van der Waals surface area (Å²) in [6, 6.07) is 8.61. The van der Waals surface area contributed by atoms with E-state index in [1.165, 1.54) is 5.56 Å². The molecule has 1 aromatic carbocycles. The van der Waals surface area contributed by atoms with E-state index in [1.807, 2.05) is 12.1 Å². The zero-order valence-electron chi connectivity index (χ0n) is 15.7. The van der Waals surface area contributed by atoms with Crippen molar-refractivity contribution in [1.82, 2.24) is 9.62 Å². The zero-order chi connectivity index (χ0) is 18.3. The molecule has 0 saturated carbocycles. The average Bonchev–Trinajstić information content (AvgIpc) is 2.61. The maximum atomic E-state index is 11.9. The largest absolute Gasteiger partial charge is 0.494 e. The van der Waals surface area contributed by atoms with Crippen LogP contribution in [-0.2, 0) is 16.6 Å². The molecule has 0 aliphatic carbocycles. The molecular weight excluding hydrogens is 336 g/mol. The molecule has 1 fully saturated rings. The van der Waals surface area contributed by atoms with E-state index in [-0.39, 0.29) is 5.75 Å². The normalized spacial score (nSPS) is 17.1. The average molecular weight is 369 g/mol. The van der Waals surface area contributed by atoms with Crippen LogP contribution >= 0.6 is 0 Å². The molecule has 0 bridgehead atoms. The summed E-state index contributed by atoms with van der Waals surface area (Å²) in [5.41, 5.74) is 1.22. The lowest BCUT2D eigenvalue weighted by molar-refractivity contribution is 0.287. The Morgan fingerprint density at radius 3 is 2.40 bits per heavy atom. The van der Waals surface area contributed by atoms with E-state index in [0.29, 0.717) is 25.0 Å². The maximum absolute atomic E-state index is 11.9. The topological polar surface area (TPSA) is 58.6 Å². The SMILES string of the molecule is CCS(=O)(=O)N1CCC(NCc2ccc(OCCC(C)C)cc2)CC1. The second kappa shape index (κ2) is 9.55. The molecule has 1 aromatic rings. The van der Waals surface area contributed by atoms with Gasteiger partial charge in [0.25, 0.3) is 0 Å². The highest BCUT2D eigenvalue weighted by Gasteiger charge is 2.26. The number of piperidine rings is 1. The van der Waals surface area contributed by atoms with Gasteiger partial charge in [-0.25, -0.2) is 12.7 Å². The Labute approximate surface area is 152 Å². The van der Waals surface area contributed by atoms with Crippen LogP contribution < -0.4 is 10.1 Å². The highest BCUT2D eigenvalue weighted by molar-refractivity contribution is 7.89. The molecule has 1 saturated heterocycles. The van der Waals surface area contributed by atoms with Crippen LogP contribution in [0, 0.1) is 5.92 Å². The molecule has 1 N–H and O–H groups in total. The summed E-state index contributed by atoms with van der Waals surface area (Å²) in [7, 11) is -3.04. The molecule has 2 rings (SSSR count). The van der Waals surface area contributed by atoms with E-state index in [9.17, 15) is 8.42 Å². The van der Waals surface area contributed by atoms with Crippen LogP contribution in [0.25, 0.3) is 0 Å². The van der Waals surface area contributed by atoms with Crippen molar-refractivity contribution in [3.63, 3.8) is 0 Å². The van der Waals surface area contributed by atoms with Crippen molar-refractivity contribution in [2.45, 2.75) is 52.6 Å². The van der Waals surface area contributed by atoms with Crippen molar-refractivity contribution in [2.24, 2.45) is 5.92 Å². The number of sulfonamides is 1. The van der Waals surface area contributed by atoms with Crippen LogP contribution in [-0.4, -0.2) is 44.2 Å². The molecule has 25 heavy (non-hydrogen) atoms. The lowest BCUT2D eigenvalue weighted by Crippen LogP contribution is -2.45. The fraction of sp³-hybridized carbons (Fsp3) is 0.684. The van der Waals surface area contributed by atoms with Crippen LogP contribution in [0.2, 0.25) is 0 Å². The van der Waals surface area contributed by atoms with Crippen molar-refractivity contribution >= 4 is 10.0 Å². The summed E-state index contributed by atoms with van der Waals surface area (Å²) < 4.78 is 31.1. The Balaban J connectivity index is 1.72. The molecule has 1 aliphatic heterocycles. The van der Waals surface area contributed by atoms with Gasteiger partial charge in [-0.05, 0) is 49.8 Å². The Bertz CT molecular complexity index is 606. The summed E-state index contributed by atoms with van der Waals surface area (Å²) >= 11 is 0. The Kier molecular flexibility index (Phi) is 7.72. The molecule has 1 aliphatic rings. The van der Waals surface area contributed by atoms with E-state index in [0.717, 1.165) is 38.2 Å². The smallest absolute Gasteiger partial charge is 0.213 e. The fourth-order valence-corrected chi connectivity index (χ4v) is 4.03. The van der Waals surface area contributed by atoms with Crippen molar-refractivity contribution in [3.05, 3.63) is 29.8 Å². The van der Waals surface area contributed by atoms with Crippen LogP contribution in [0.15, 0.2) is 24.3 Å². The number of nitrogens with zero attached hydrogens (tertiary/aromatic N) is 1. The molecule has 0 radical (unpaired) electrons. The molecule has 0 unspecified atom stereocenters. The van der Waals surface area contributed by atoms with E-state index in [2.05, 4.69) is 31.3 Å². The standard InChI is InChI=1S/C19H32N2O3S/c1-4-25(22,23)21-12-9-18(10-13-21)20-15-17-5-7-19(8-6-17)24-14-11-16(2)3/h5-8,16,18,20H,4,9-15H2,1-3H3. The molecule has 0 atom stereocenters. The van der Waals surface area contributed by atoms with Gasteiger partial charge in [-0.3, -0.25) is 0 Å². The summed E-state index contributed by atoms with van der Waals surface area (Å²) in [4.78, 5) is 0. The van der Waals surface area contributed by atoms with Gasteiger partial charge < -0.3 is 10.1 Å². The predicted molar refractivity (Wildman–Crippen MR) is 102 cm³/mol. The lowest BCUT2D eigenvalue weighted by Gasteiger charge is -2.31. The maximum Gasteiger partial charge on any atom is 0.213 e. The summed E-state index contributed by atoms with van der Waals surface area (Å²) in [6.45, 7) is 8.90. The van der Waals surface area contributed by atoms with Crippen LogP contribution in [0.4, 0.5) is 0 Å². The highest BCUT2D eigenvalue weighted by atomic mass is 32.2. The minimum atomic E-state index is -3.04. The first kappa shape index (κ1) is 20.2. The molecule has 0 amide bonds. The van der Waals surface area contributed by atoms with Crippen LogP contribution in [0.1, 0.15) is 45.6 Å². The predicted octanol–water partition coefficient (Wildman–Crippen LogP) is 3.02. The molecule has 0 spiro atoms. The van der Waals surface area contributed by atoms with Crippen LogP contribution in [0.3, 0.4) is 0 Å². The Morgan fingerprint density at radius 1 is 1.20 bits per heavy atom. The van der Waals surface area contributed by atoms with Gasteiger partial charge in [0, 0.05) is 25.7 Å². The molecule has 142 valence electrons. The Morgan fingerprint density at radius 2 is 1.84 bits per heavy atom. The molecular formula is C19H32N2O3S. The number of ether oxygens (including phenoxy) is 1. The third kappa shape index (κ3) is 6.60. The number of hydrogen-bond donors (Lipinski definition) is 1. The second-order valence-electron chi connectivity index (χ2n) is 7.13. The van der Waals surface area contributed by atoms with Crippen molar-refractivity contribution < 1.29 is 13.2 Å². The first-order valence-corrected chi connectivity index (χ1v) is 10.9. The highest BCUT2D eigenvalue weighted by Crippen LogP contribution is 2.16. The third-order valence-electron chi connectivity index (χ3n) is 4.69. The molecule has 6 heteroatoms. The first-order chi connectivity index (χ1) is 11.9. The Hall–Kier alpha value is -1.11. The van der Waals surface area contributed by atoms with E-state index in [4.69, 9.17) is 4.74 Å². The summed E-state index contributed by atoms with van der Waals surface area (Å²) in [5, 5.41) is 3.54. The van der Waals surface area contributed by atoms with Gasteiger partial charge in [0.2, 0.25) is 10.0 Å². The fourth-order valence-electron chi connectivity index (χ4n) is 2.90. The molecule has 5 nitrogen and oxygen atoms in total. The minimum absolute atomic E-state index is 0.191. The summed E-state index contributed by atoms with van der Waals surface area (Å²) in [5.74, 6) is 1.76. The zero-order valence-corrected chi connectivity index (χ0v) is 16.5. The monoisotopic (exact) mass is 368 g/mol. The number of nitrogens with one attached hydrogen (secondary N) is 1. The van der Waals surface area contributed by atoms with Crippen LogP contribution in [0.5, 0.6) is 5.75 Å². The van der Waals surface area contributed by atoms with E-state index >= 15 is 0 Å². The minimum Gasteiger partial charge on any atom is -0.494 e. The van der Waals surface area contributed by atoms with Gasteiger partial charge in [0.1, 0.15) is 5.75 Å². The lowest BCUT2D eigenvalue weighted by atomic mass is 10.1. The van der Waals surface area contributed by atoms with Crippen molar-refractivity contribution in [2.75, 3.05) is 25.4 Å². The number of benzene rings is 1. The van der Waals surface area contributed by atoms with Gasteiger partial charge in [0.05, 0.1) is 12.4 Å². The van der Waals surface area contributed by atoms with Gasteiger partial charge in [-0.15, -0.1) is 0 Å². The molecule has 1 heterocycles. The van der Waals surface area contributed by atoms with E-state index < -0.39 is 10.0 Å². The van der Waals surface area contributed by atoms with Crippen molar-refractivity contribution in [1.29, 1.82) is 0 Å². The molecule has 0 aromatic heterocycles. The summed E-state index contributed by atoms with van der Waals surface area (Å²) in [6.07, 6.45) is 2.81. The van der Waals surface area contributed by atoms with E-state index in [1.54, 1.807) is 11.2 Å². The number of rotatable bonds is 9. The van der Waals surface area contributed by atoms with Gasteiger partial charge in [-0.1, -0.05) is 26.0 Å². The first-order valence-electron chi connectivity index (χ1n) is 9.33. The van der Waals surface area contributed by atoms with Crippen molar-refractivity contribution in [3.8, 4) is 5.75 Å². The van der Waals surface area contributed by atoms with Gasteiger partial charge in [-0.2, -0.15) is 0 Å². The second-order valence-corrected chi connectivity index (χ2v) is 9.39. The quantitative estimate of drug-likeness (QED) is 0.728.